The number of nitrogens with zero attached hydrogens (tertiary/aromatic N) is 1. The zero-order valence-corrected chi connectivity index (χ0v) is 11.2. The molecule has 0 heterocycles. The lowest BCUT2D eigenvalue weighted by Crippen LogP contribution is -2.46. The maximum atomic E-state index is 12.0. The number of amides is 1. The third kappa shape index (κ3) is 4.64. The van der Waals surface area contributed by atoms with E-state index in [4.69, 9.17) is 10.5 Å². The smallest absolute Gasteiger partial charge is 0.248 e. The van der Waals surface area contributed by atoms with Gasteiger partial charge in [0, 0.05) is 25.2 Å². The number of hydrogen-bond acceptors (Lipinski definition) is 3. The molecule has 0 aromatic heterocycles. The number of carbonyl (C=O) groups excluding carboxylic acids is 1. The molecule has 17 heavy (non-hydrogen) atoms. The normalized spacial score (nSPS) is 24.6. The maximum absolute atomic E-state index is 12.0. The molecule has 1 rings (SSSR count). The van der Waals surface area contributed by atoms with Crippen LogP contribution in [0.5, 0.6) is 0 Å². The molecular weight excluding hydrogens is 216 g/mol. The van der Waals surface area contributed by atoms with Gasteiger partial charge in [-0.2, -0.15) is 0 Å². The summed E-state index contributed by atoms with van der Waals surface area (Å²) < 4.78 is 5.22. The molecular formula is C13H26N2O2. The van der Waals surface area contributed by atoms with Crippen molar-refractivity contribution in [1.82, 2.24) is 4.90 Å². The summed E-state index contributed by atoms with van der Waals surface area (Å²) in [5.41, 5.74) is 5.90. The molecule has 0 aromatic carbocycles. The Bertz CT molecular complexity index is 225. The number of hydrogen-bond donors (Lipinski definition) is 1. The summed E-state index contributed by atoms with van der Waals surface area (Å²) in [6, 6.07) is 0.708. The van der Waals surface area contributed by atoms with Crippen LogP contribution in [0.25, 0.3) is 0 Å². The van der Waals surface area contributed by atoms with Crippen molar-refractivity contribution in [2.45, 2.75) is 58.0 Å². The monoisotopic (exact) mass is 242 g/mol. The standard InChI is InChI=1S/C13H26N2O2/c1-3-9-15(13(16)10-17-4-2)12-7-5-11(14)6-8-12/h11-12H,3-10,14H2,1-2H3. The predicted octanol–water partition coefficient (Wildman–Crippen LogP) is 1.53. The SMILES string of the molecule is CCCN(C(=O)COCC)C1CCC(N)CC1. The molecule has 0 saturated heterocycles. The van der Waals surface area contributed by atoms with Crippen molar-refractivity contribution in [3.8, 4) is 0 Å². The summed E-state index contributed by atoms with van der Waals surface area (Å²) in [6.07, 6.45) is 5.15. The fourth-order valence-electron chi connectivity index (χ4n) is 2.44. The minimum absolute atomic E-state index is 0.133. The van der Waals surface area contributed by atoms with Crippen molar-refractivity contribution >= 4 is 5.91 Å². The highest BCUT2D eigenvalue weighted by Crippen LogP contribution is 2.22. The lowest BCUT2D eigenvalue weighted by molar-refractivity contribution is -0.139. The van der Waals surface area contributed by atoms with Crippen LogP contribution in [0.15, 0.2) is 0 Å². The van der Waals surface area contributed by atoms with Crippen molar-refractivity contribution in [2.24, 2.45) is 5.73 Å². The second-order valence-corrected chi connectivity index (χ2v) is 4.79. The van der Waals surface area contributed by atoms with Gasteiger partial charge in [-0.25, -0.2) is 0 Å². The molecule has 0 aromatic rings. The molecule has 1 amide bonds. The van der Waals surface area contributed by atoms with Gasteiger partial charge < -0.3 is 15.4 Å². The van der Waals surface area contributed by atoms with E-state index in [1.54, 1.807) is 0 Å². The van der Waals surface area contributed by atoms with Crippen LogP contribution >= 0.6 is 0 Å². The van der Waals surface area contributed by atoms with E-state index in [1.165, 1.54) is 0 Å². The van der Waals surface area contributed by atoms with Gasteiger partial charge in [-0.1, -0.05) is 6.92 Å². The van der Waals surface area contributed by atoms with Crippen LogP contribution in [0.1, 0.15) is 46.0 Å². The number of rotatable bonds is 6. The van der Waals surface area contributed by atoms with Crippen LogP contribution in [0.2, 0.25) is 0 Å². The Kier molecular flexibility index (Phi) is 6.52. The average Bonchev–Trinajstić information content (AvgIpc) is 2.34. The van der Waals surface area contributed by atoms with Gasteiger partial charge in [0.2, 0.25) is 5.91 Å². The number of carbonyl (C=O) groups is 1. The van der Waals surface area contributed by atoms with E-state index < -0.39 is 0 Å². The first-order valence-electron chi connectivity index (χ1n) is 6.81. The molecule has 0 spiro atoms. The van der Waals surface area contributed by atoms with Gasteiger partial charge in [-0.15, -0.1) is 0 Å². The van der Waals surface area contributed by atoms with Gasteiger partial charge >= 0.3 is 0 Å². The lowest BCUT2D eigenvalue weighted by Gasteiger charge is -2.36. The summed E-state index contributed by atoms with van der Waals surface area (Å²) >= 11 is 0. The summed E-state index contributed by atoms with van der Waals surface area (Å²) in [4.78, 5) is 14.0. The van der Waals surface area contributed by atoms with Gasteiger partial charge in [0.1, 0.15) is 6.61 Å². The van der Waals surface area contributed by atoms with E-state index in [9.17, 15) is 4.79 Å². The first kappa shape index (κ1) is 14.5. The Hall–Kier alpha value is -0.610. The summed E-state index contributed by atoms with van der Waals surface area (Å²) in [5.74, 6) is 0.133. The zero-order chi connectivity index (χ0) is 12.7. The van der Waals surface area contributed by atoms with Crippen LogP contribution < -0.4 is 5.73 Å². The summed E-state index contributed by atoms with van der Waals surface area (Å²) in [6.45, 7) is 5.68. The molecule has 0 aliphatic heterocycles. The lowest BCUT2D eigenvalue weighted by atomic mass is 9.90. The Morgan fingerprint density at radius 2 is 1.94 bits per heavy atom. The van der Waals surface area contributed by atoms with Crippen LogP contribution in [0.3, 0.4) is 0 Å². The van der Waals surface area contributed by atoms with Crippen molar-refractivity contribution in [3.63, 3.8) is 0 Å². The van der Waals surface area contributed by atoms with E-state index in [2.05, 4.69) is 6.92 Å². The van der Waals surface area contributed by atoms with E-state index >= 15 is 0 Å². The molecule has 100 valence electrons. The Morgan fingerprint density at radius 1 is 1.29 bits per heavy atom. The summed E-state index contributed by atoms with van der Waals surface area (Å²) in [5, 5.41) is 0. The molecule has 0 bridgehead atoms. The topological polar surface area (TPSA) is 55.6 Å². The van der Waals surface area contributed by atoms with Crippen LogP contribution in [0.4, 0.5) is 0 Å². The molecule has 0 unspecified atom stereocenters. The van der Waals surface area contributed by atoms with E-state index in [0.717, 1.165) is 38.6 Å². The largest absolute Gasteiger partial charge is 0.372 e. The van der Waals surface area contributed by atoms with Crippen LogP contribution in [0, 0.1) is 0 Å². The van der Waals surface area contributed by atoms with E-state index in [-0.39, 0.29) is 12.5 Å². The minimum Gasteiger partial charge on any atom is -0.372 e. The van der Waals surface area contributed by atoms with Crippen molar-refractivity contribution in [1.29, 1.82) is 0 Å². The highest BCUT2D eigenvalue weighted by Gasteiger charge is 2.26. The molecule has 1 aliphatic rings. The predicted molar refractivity (Wildman–Crippen MR) is 68.7 cm³/mol. The van der Waals surface area contributed by atoms with Gasteiger partial charge in [0.25, 0.3) is 0 Å². The molecule has 4 heteroatoms. The number of nitrogens with two attached hydrogens (primary N) is 1. The molecule has 1 fully saturated rings. The molecule has 2 N–H and O–H groups in total. The van der Waals surface area contributed by atoms with E-state index in [0.29, 0.717) is 18.7 Å². The first-order chi connectivity index (χ1) is 8.19. The Morgan fingerprint density at radius 3 is 2.47 bits per heavy atom. The highest BCUT2D eigenvalue weighted by atomic mass is 16.5. The third-order valence-electron chi connectivity index (χ3n) is 3.40. The third-order valence-corrected chi connectivity index (χ3v) is 3.40. The molecule has 1 saturated carbocycles. The highest BCUT2D eigenvalue weighted by molar-refractivity contribution is 5.77. The van der Waals surface area contributed by atoms with Gasteiger partial charge in [0.15, 0.2) is 0 Å². The zero-order valence-electron chi connectivity index (χ0n) is 11.2. The molecule has 0 atom stereocenters. The molecule has 1 aliphatic carbocycles. The quantitative estimate of drug-likeness (QED) is 0.768. The average molecular weight is 242 g/mol. The Labute approximate surface area is 104 Å². The van der Waals surface area contributed by atoms with Gasteiger partial charge in [-0.05, 0) is 39.0 Å². The van der Waals surface area contributed by atoms with Crippen molar-refractivity contribution in [3.05, 3.63) is 0 Å². The first-order valence-corrected chi connectivity index (χ1v) is 6.81. The minimum atomic E-state index is 0.133. The van der Waals surface area contributed by atoms with Gasteiger partial charge in [-0.3, -0.25) is 4.79 Å². The van der Waals surface area contributed by atoms with Crippen molar-refractivity contribution < 1.29 is 9.53 Å². The molecule has 4 nitrogen and oxygen atoms in total. The Balaban J connectivity index is 2.49. The van der Waals surface area contributed by atoms with Crippen LogP contribution in [-0.2, 0) is 9.53 Å². The number of ether oxygens (including phenoxy) is 1. The van der Waals surface area contributed by atoms with Crippen molar-refractivity contribution in [2.75, 3.05) is 19.8 Å². The van der Waals surface area contributed by atoms with Crippen LogP contribution in [-0.4, -0.2) is 42.6 Å². The second-order valence-electron chi connectivity index (χ2n) is 4.79. The van der Waals surface area contributed by atoms with Gasteiger partial charge in [0.05, 0.1) is 0 Å². The molecule has 0 radical (unpaired) electrons. The fraction of sp³-hybridized carbons (Fsp3) is 0.923. The van der Waals surface area contributed by atoms with E-state index in [1.807, 2.05) is 11.8 Å². The fourth-order valence-corrected chi connectivity index (χ4v) is 2.44. The summed E-state index contributed by atoms with van der Waals surface area (Å²) in [7, 11) is 0. The second kappa shape index (κ2) is 7.67. The maximum Gasteiger partial charge on any atom is 0.248 e.